The Kier molecular flexibility index (Phi) is 6.72. The summed E-state index contributed by atoms with van der Waals surface area (Å²) in [6.07, 6.45) is 0.756. The third-order valence-corrected chi connectivity index (χ3v) is 5.47. The van der Waals surface area contributed by atoms with Crippen LogP contribution in [0.15, 0.2) is 42.5 Å². The maximum atomic E-state index is 10.2. The molecule has 27 heavy (non-hydrogen) atoms. The molecule has 1 saturated heterocycles. The molecule has 3 rings (SSSR count). The molecule has 2 aromatic rings. The van der Waals surface area contributed by atoms with Crippen molar-refractivity contribution >= 4 is 0 Å². The van der Waals surface area contributed by atoms with E-state index in [0.29, 0.717) is 18.3 Å². The molecule has 1 aliphatic heterocycles. The molecule has 0 bridgehead atoms. The van der Waals surface area contributed by atoms with Gasteiger partial charge in [-0.25, -0.2) is 0 Å². The highest BCUT2D eigenvalue weighted by molar-refractivity contribution is 5.39. The highest BCUT2D eigenvalue weighted by atomic mass is 16.5. The highest BCUT2D eigenvalue weighted by Gasteiger charge is 2.27. The number of rotatable bonds is 7. The van der Waals surface area contributed by atoms with Gasteiger partial charge in [0.1, 0.15) is 11.5 Å². The third kappa shape index (κ3) is 5.01. The molecule has 1 fully saturated rings. The van der Waals surface area contributed by atoms with Gasteiger partial charge in [-0.2, -0.15) is 0 Å². The molecule has 5 heteroatoms. The molecule has 0 aromatic heterocycles. The van der Waals surface area contributed by atoms with Crippen molar-refractivity contribution in [1.82, 2.24) is 9.80 Å². The Morgan fingerprint density at radius 3 is 2.63 bits per heavy atom. The van der Waals surface area contributed by atoms with Gasteiger partial charge >= 0.3 is 0 Å². The number of phenolic OH excluding ortho intramolecular Hbond substituents is 1. The first-order valence-corrected chi connectivity index (χ1v) is 9.58. The zero-order chi connectivity index (χ0) is 19.2. The van der Waals surface area contributed by atoms with Gasteiger partial charge in [0.15, 0.2) is 0 Å². The summed E-state index contributed by atoms with van der Waals surface area (Å²) < 4.78 is 5.28. The quantitative estimate of drug-likeness (QED) is 0.785. The first-order chi connectivity index (χ1) is 13.1. The van der Waals surface area contributed by atoms with Crippen LogP contribution in [-0.2, 0) is 13.1 Å². The van der Waals surface area contributed by atoms with E-state index in [2.05, 4.69) is 41.0 Å². The predicted molar refractivity (Wildman–Crippen MR) is 107 cm³/mol. The minimum atomic E-state index is 0.188. The molecule has 2 aromatic carbocycles. The standard InChI is InChI=1S/C22H30N2O3/c1-17-5-3-4-6-18(17)15-24-11-10-23(16-20(24)9-12-25)14-19-13-21(27-2)7-8-22(19)26/h3-8,13,20,25-26H,9-12,14-16H2,1-2H3/t20-/m1/s1. The average Bonchev–Trinajstić information content (AvgIpc) is 2.67. The van der Waals surface area contributed by atoms with Crippen LogP contribution in [0.25, 0.3) is 0 Å². The molecular formula is C22H30N2O3. The van der Waals surface area contributed by atoms with E-state index in [1.807, 2.05) is 6.07 Å². The molecule has 2 N–H and O–H groups in total. The van der Waals surface area contributed by atoms with Crippen LogP contribution in [0.3, 0.4) is 0 Å². The van der Waals surface area contributed by atoms with Gasteiger partial charge in [0.25, 0.3) is 0 Å². The van der Waals surface area contributed by atoms with Crippen LogP contribution in [0.1, 0.15) is 23.1 Å². The fourth-order valence-corrected chi connectivity index (χ4v) is 3.79. The van der Waals surface area contributed by atoms with Gasteiger partial charge in [-0.05, 0) is 42.7 Å². The van der Waals surface area contributed by atoms with Gasteiger partial charge in [-0.3, -0.25) is 9.80 Å². The molecule has 1 atom stereocenters. The van der Waals surface area contributed by atoms with Crippen LogP contribution >= 0.6 is 0 Å². The summed E-state index contributed by atoms with van der Waals surface area (Å²) in [5.41, 5.74) is 3.53. The van der Waals surface area contributed by atoms with Crippen molar-refractivity contribution in [3.05, 3.63) is 59.2 Å². The number of phenols is 1. The maximum absolute atomic E-state index is 10.2. The van der Waals surface area contributed by atoms with E-state index in [9.17, 15) is 10.2 Å². The second kappa shape index (κ2) is 9.22. The molecule has 0 saturated carbocycles. The SMILES string of the molecule is COc1ccc(O)c(CN2CCN(Cc3ccccc3C)[C@H](CCO)C2)c1. The average molecular weight is 370 g/mol. The molecule has 1 aliphatic rings. The highest BCUT2D eigenvalue weighted by Crippen LogP contribution is 2.26. The van der Waals surface area contributed by atoms with Gasteiger partial charge in [0, 0.05) is 50.9 Å². The molecule has 146 valence electrons. The second-order valence-electron chi connectivity index (χ2n) is 7.29. The van der Waals surface area contributed by atoms with Crippen LogP contribution in [0, 0.1) is 6.92 Å². The Labute approximate surface area is 161 Å². The molecule has 0 unspecified atom stereocenters. The van der Waals surface area contributed by atoms with E-state index in [1.54, 1.807) is 19.2 Å². The fourth-order valence-electron chi connectivity index (χ4n) is 3.79. The second-order valence-corrected chi connectivity index (χ2v) is 7.29. The van der Waals surface area contributed by atoms with E-state index in [4.69, 9.17) is 4.74 Å². The van der Waals surface area contributed by atoms with Crippen molar-refractivity contribution < 1.29 is 14.9 Å². The number of ether oxygens (including phenoxy) is 1. The molecule has 5 nitrogen and oxygen atoms in total. The smallest absolute Gasteiger partial charge is 0.120 e. The molecule has 0 aliphatic carbocycles. The molecule has 0 radical (unpaired) electrons. The number of aliphatic hydroxyl groups excluding tert-OH is 1. The number of aliphatic hydroxyl groups is 1. The Bertz CT molecular complexity index is 750. The number of benzene rings is 2. The number of nitrogens with zero attached hydrogens (tertiary/aromatic N) is 2. The minimum absolute atomic E-state index is 0.188. The number of piperazine rings is 1. The van der Waals surface area contributed by atoms with Crippen molar-refractivity contribution in [3.63, 3.8) is 0 Å². The molecule has 0 amide bonds. The Morgan fingerprint density at radius 2 is 1.89 bits per heavy atom. The number of hydrogen-bond acceptors (Lipinski definition) is 5. The summed E-state index contributed by atoms with van der Waals surface area (Å²) >= 11 is 0. The lowest BCUT2D eigenvalue weighted by Gasteiger charge is -2.41. The lowest BCUT2D eigenvalue weighted by atomic mass is 10.0. The Balaban J connectivity index is 1.68. The lowest BCUT2D eigenvalue weighted by molar-refractivity contribution is 0.0495. The largest absolute Gasteiger partial charge is 0.508 e. The number of aryl methyl sites for hydroxylation is 1. The van der Waals surface area contributed by atoms with Gasteiger partial charge in [0.05, 0.1) is 7.11 Å². The summed E-state index contributed by atoms with van der Waals surface area (Å²) in [4.78, 5) is 4.82. The first kappa shape index (κ1) is 19.7. The van der Waals surface area contributed by atoms with Crippen molar-refractivity contribution in [3.8, 4) is 11.5 Å². The Morgan fingerprint density at radius 1 is 1.07 bits per heavy atom. The van der Waals surface area contributed by atoms with Gasteiger partial charge in [-0.1, -0.05) is 24.3 Å². The number of methoxy groups -OCH3 is 1. The Hall–Kier alpha value is -2.08. The van der Waals surface area contributed by atoms with E-state index >= 15 is 0 Å². The van der Waals surface area contributed by atoms with Crippen LogP contribution < -0.4 is 4.74 Å². The van der Waals surface area contributed by atoms with E-state index in [1.165, 1.54) is 11.1 Å². The van der Waals surface area contributed by atoms with Crippen molar-refractivity contribution in [1.29, 1.82) is 0 Å². The van der Waals surface area contributed by atoms with Gasteiger partial charge in [-0.15, -0.1) is 0 Å². The molecule has 1 heterocycles. The third-order valence-electron chi connectivity index (χ3n) is 5.47. The monoisotopic (exact) mass is 370 g/mol. The van der Waals surface area contributed by atoms with Crippen LogP contribution in [-0.4, -0.2) is 59.4 Å². The van der Waals surface area contributed by atoms with Gasteiger partial charge < -0.3 is 14.9 Å². The van der Waals surface area contributed by atoms with Crippen LogP contribution in [0.5, 0.6) is 11.5 Å². The summed E-state index contributed by atoms with van der Waals surface area (Å²) in [7, 11) is 1.64. The predicted octanol–water partition coefficient (Wildman–Crippen LogP) is 2.78. The zero-order valence-corrected chi connectivity index (χ0v) is 16.3. The van der Waals surface area contributed by atoms with E-state index in [-0.39, 0.29) is 6.61 Å². The number of aromatic hydroxyl groups is 1. The summed E-state index contributed by atoms with van der Waals surface area (Å²) in [5.74, 6) is 1.06. The van der Waals surface area contributed by atoms with Crippen LogP contribution in [0.2, 0.25) is 0 Å². The minimum Gasteiger partial charge on any atom is -0.508 e. The molecule has 0 spiro atoms. The van der Waals surface area contributed by atoms with Gasteiger partial charge in [0.2, 0.25) is 0 Å². The summed E-state index contributed by atoms with van der Waals surface area (Å²) in [5, 5.41) is 19.7. The van der Waals surface area contributed by atoms with Crippen molar-refractivity contribution in [2.75, 3.05) is 33.4 Å². The van der Waals surface area contributed by atoms with E-state index < -0.39 is 0 Å². The topological polar surface area (TPSA) is 56.2 Å². The first-order valence-electron chi connectivity index (χ1n) is 9.58. The fraction of sp³-hybridized carbons (Fsp3) is 0.455. The molecular weight excluding hydrogens is 340 g/mol. The van der Waals surface area contributed by atoms with Crippen molar-refractivity contribution in [2.24, 2.45) is 0 Å². The van der Waals surface area contributed by atoms with E-state index in [0.717, 1.165) is 43.9 Å². The van der Waals surface area contributed by atoms with Crippen LogP contribution in [0.4, 0.5) is 0 Å². The number of hydrogen-bond donors (Lipinski definition) is 2. The van der Waals surface area contributed by atoms with Crippen molar-refractivity contribution in [2.45, 2.75) is 32.5 Å². The lowest BCUT2D eigenvalue weighted by Crippen LogP contribution is -2.52. The normalized spacial score (nSPS) is 18.6. The zero-order valence-electron chi connectivity index (χ0n) is 16.3. The maximum Gasteiger partial charge on any atom is 0.120 e. The summed E-state index contributed by atoms with van der Waals surface area (Å²) in [6, 6.07) is 14.2. The summed E-state index contributed by atoms with van der Waals surface area (Å²) in [6.45, 7) is 6.70.